The van der Waals surface area contributed by atoms with Crippen molar-refractivity contribution >= 4 is 17.5 Å². The highest BCUT2D eigenvalue weighted by Gasteiger charge is 2.18. The number of amides is 2. The molecule has 0 saturated carbocycles. The monoisotopic (exact) mass is 331 g/mol. The van der Waals surface area contributed by atoms with Gasteiger partial charge in [-0.1, -0.05) is 13.0 Å². The average molecular weight is 331 g/mol. The zero-order valence-corrected chi connectivity index (χ0v) is 15.0. The summed E-state index contributed by atoms with van der Waals surface area (Å²) in [5, 5.41) is 2.92. The second-order valence-corrected chi connectivity index (χ2v) is 6.57. The number of benzene rings is 1. The van der Waals surface area contributed by atoms with Crippen LogP contribution in [0.3, 0.4) is 0 Å². The van der Waals surface area contributed by atoms with E-state index in [2.05, 4.69) is 17.1 Å². The maximum absolute atomic E-state index is 12.4. The smallest absolute Gasteiger partial charge is 0.253 e. The standard InChI is InChI=1S/C19H29N3O2/c1-4-22(5-2)19(24)16-7-6-8-17(13-16)20-18(23)14-21-11-9-15(3)10-12-21/h6-8,13,15H,4-5,9-12,14H2,1-3H3,(H,20,23). The summed E-state index contributed by atoms with van der Waals surface area (Å²) < 4.78 is 0. The number of likely N-dealkylation sites (tertiary alicyclic amines) is 1. The summed E-state index contributed by atoms with van der Waals surface area (Å²) in [6.45, 7) is 9.93. The Morgan fingerprint density at radius 2 is 1.88 bits per heavy atom. The van der Waals surface area contributed by atoms with Gasteiger partial charge < -0.3 is 10.2 Å². The predicted octanol–water partition coefficient (Wildman–Crippen LogP) is 2.84. The molecule has 0 atom stereocenters. The third-order valence-electron chi connectivity index (χ3n) is 4.69. The van der Waals surface area contributed by atoms with Crippen molar-refractivity contribution in [1.82, 2.24) is 9.80 Å². The van der Waals surface area contributed by atoms with Gasteiger partial charge in [0.2, 0.25) is 5.91 Å². The SMILES string of the molecule is CCN(CC)C(=O)c1cccc(NC(=O)CN2CCC(C)CC2)c1. The second kappa shape index (κ2) is 8.83. The highest BCUT2D eigenvalue weighted by molar-refractivity contribution is 5.97. The topological polar surface area (TPSA) is 52.7 Å². The molecule has 1 aromatic rings. The number of anilines is 1. The maximum atomic E-state index is 12.4. The molecule has 0 bridgehead atoms. The first-order valence-electron chi connectivity index (χ1n) is 8.95. The maximum Gasteiger partial charge on any atom is 0.253 e. The van der Waals surface area contributed by atoms with Crippen LogP contribution >= 0.6 is 0 Å². The van der Waals surface area contributed by atoms with Crippen molar-refractivity contribution in [2.45, 2.75) is 33.6 Å². The molecule has 1 heterocycles. The Labute approximate surface area is 145 Å². The molecule has 0 spiro atoms. The molecule has 1 saturated heterocycles. The normalized spacial score (nSPS) is 16.0. The number of nitrogens with one attached hydrogen (secondary N) is 1. The van der Waals surface area contributed by atoms with E-state index in [0.29, 0.717) is 30.9 Å². The third kappa shape index (κ3) is 5.06. The van der Waals surface area contributed by atoms with E-state index in [1.54, 1.807) is 17.0 Å². The first-order chi connectivity index (χ1) is 11.5. The van der Waals surface area contributed by atoms with Crippen LogP contribution < -0.4 is 5.32 Å². The van der Waals surface area contributed by atoms with E-state index >= 15 is 0 Å². The van der Waals surface area contributed by atoms with Crippen molar-refractivity contribution in [1.29, 1.82) is 0 Å². The fraction of sp³-hybridized carbons (Fsp3) is 0.579. The van der Waals surface area contributed by atoms with Crippen molar-refractivity contribution in [3.05, 3.63) is 29.8 Å². The fourth-order valence-corrected chi connectivity index (χ4v) is 3.05. The van der Waals surface area contributed by atoms with Gasteiger partial charge in [0.05, 0.1) is 6.54 Å². The van der Waals surface area contributed by atoms with E-state index in [1.807, 2.05) is 26.0 Å². The first-order valence-corrected chi connectivity index (χ1v) is 8.95. The predicted molar refractivity (Wildman–Crippen MR) is 97.2 cm³/mol. The molecule has 0 radical (unpaired) electrons. The number of rotatable bonds is 6. The molecule has 1 aromatic carbocycles. The molecular weight excluding hydrogens is 302 g/mol. The largest absolute Gasteiger partial charge is 0.339 e. The van der Waals surface area contributed by atoms with Gasteiger partial charge in [-0.2, -0.15) is 0 Å². The molecule has 1 aliphatic heterocycles. The third-order valence-corrected chi connectivity index (χ3v) is 4.69. The Morgan fingerprint density at radius 3 is 2.50 bits per heavy atom. The van der Waals surface area contributed by atoms with Crippen LogP contribution in [0.2, 0.25) is 0 Å². The van der Waals surface area contributed by atoms with Gasteiger partial charge >= 0.3 is 0 Å². The van der Waals surface area contributed by atoms with Crippen LogP contribution in [-0.2, 0) is 4.79 Å². The molecule has 5 heteroatoms. The molecule has 0 aliphatic carbocycles. The lowest BCUT2D eigenvalue weighted by Crippen LogP contribution is -2.38. The average Bonchev–Trinajstić information content (AvgIpc) is 2.58. The molecule has 1 N–H and O–H groups in total. The molecular formula is C19H29N3O2. The lowest BCUT2D eigenvalue weighted by atomic mass is 9.99. The van der Waals surface area contributed by atoms with Gasteiger partial charge in [0.1, 0.15) is 0 Å². The molecule has 1 fully saturated rings. The van der Waals surface area contributed by atoms with Crippen LogP contribution in [-0.4, -0.2) is 54.3 Å². The Bertz CT molecular complexity index is 561. The fourth-order valence-electron chi connectivity index (χ4n) is 3.05. The lowest BCUT2D eigenvalue weighted by molar-refractivity contribution is -0.117. The van der Waals surface area contributed by atoms with Crippen LogP contribution in [0.5, 0.6) is 0 Å². The molecule has 5 nitrogen and oxygen atoms in total. The van der Waals surface area contributed by atoms with Crippen LogP contribution in [0.4, 0.5) is 5.69 Å². The van der Waals surface area contributed by atoms with Gasteiger partial charge in [-0.05, 0) is 63.9 Å². The summed E-state index contributed by atoms with van der Waals surface area (Å²) in [5.74, 6) is 0.741. The molecule has 0 unspecified atom stereocenters. The van der Waals surface area contributed by atoms with Crippen LogP contribution in [0, 0.1) is 5.92 Å². The highest BCUT2D eigenvalue weighted by Crippen LogP contribution is 2.16. The van der Waals surface area contributed by atoms with Gasteiger partial charge in [0.15, 0.2) is 0 Å². The van der Waals surface area contributed by atoms with E-state index in [-0.39, 0.29) is 11.8 Å². The molecule has 1 aliphatic rings. The van der Waals surface area contributed by atoms with Crippen molar-refractivity contribution < 1.29 is 9.59 Å². The number of hydrogen-bond donors (Lipinski definition) is 1. The van der Waals surface area contributed by atoms with Crippen molar-refractivity contribution in [3.8, 4) is 0 Å². The molecule has 0 aromatic heterocycles. The summed E-state index contributed by atoms with van der Waals surface area (Å²) in [6.07, 6.45) is 2.31. The summed E-state index contributed by atoms with van der Waals surface area (Å²) >= 11 is 0. The Balaban J connectivity index is 1.94. The summed E-state index contributed by atoms with van der Waals surface area (Å²) in [4.78, 5) is 28.6. The quantitative estimate of drug-likeness (QED) is 0.872. The van der Waals surface area contributed by atoms with Gasteiger partial charge in [-0.15, -0.1) is 0 Å². The Hall–Kier alpha value is -1.88. The lowest BCUT2D eigenvalue weighted by Gasteiger charge is -2.29. The van der Waals surface area contributed by atoms with Gasteiger partial charge in [-0.25, -0.2) is 0 Å². The number of carbonyl (C=O) groups is 2. The van der Waals surface area contributed by atoms with E-state index in [9.17, 15) is 9.59 Å². The van der Waals surface area contributed by atoms with Crippen molar-refractivity contribution in [2.24, 2.45) is 5.92 Å². The molecule has 132 valence electrons. The zero-order chi connectivity index (χ0) is 17.5. The molecule has 2 rings (SSSR count). The second-order valence-electron chi connectivity index (χ2n) is 6.57. The number of carbonyl (C=O) groups excluding carboxylic acids is 2. The molecule has 24 heavy (non-hydrogen) atoms. The molecule has 2 amide bonds. The van der Waals surface area contributed by atoms with Crippen molar-refractivity contribution in [2.75, 3.05) is 38.0 Å². The van der Waals surface area contributed by atoms with Gasteiger partial charge in [-0.3, -0.25) is 14.5 Å². The van der Waals surface area contributed by atoms with E-state index in [1.165, 1.54) is 0 Å². The highest BCUT2D eigenvalue weighted by atomic mass is 16.2. The summed E-state index contributed by atoms with van der Waals surface area (Å²) in [7, 11) is 0. The van der Waals surface area contributed by atoms with E-state index < -0.39 is 0 Å². The Kier molecular flexibility index (Phi) is 6.79. The zero-order valence-electron chi connectivity index (χ0n) is 15.0. The van der Waals surface area contributed by atoms with Gasteiger partial charge in [0, 0.05) is 24.3 Å². The summed E-state index contributed by atoms with van der Waals surface area (Å²) in [5.41, 5.74) is 1.30. The van der Waals surface area contributed by atoms with Crippen LogP contribution in [0.1, 0.15) is 44.0 Å². The van der Waals surface area contributed by atoms with Crippen molar-refractivity contribution in [3.63, 3.8) is 0 Å². The van der Waals surface area contributed by atoms with Crippen LogP contribution in [0.25, 0.3) is 0 Å². The Morgan fingerprint density at radius 1 is 1.21 bits per heavy atom. The van der Waals surface area contributed by atoms with Gasteiger partial charge in [0.25, 0.3) is 5.91 Å². The minimum atomic E-state index is -0.0167. The van der Waals surface area contributed by atoms with E-state index in [4.69, 9.17) is 0 Å². The first kappa shape index (κ1) is 18.5. The summed E-state index contributed by atoms with van der Waals surface area (Å²) in [6, 6.07) is 7.20. The number of hydrogen-bond acceptors (Lipinski definition) is 3. The minimum Gasteiger partial charge on any atom is -0.339 e. The van der Waals surface area contributed by atoms with Crippen LogP contribution in [0.15, 0.2) is 24.3 Å². The number of nitrogens with zero attached hydrogens (tertiary/aromatic N) is 2. The number of piperidine rings is 1. The van der Waals surface area contributed by atoms with E-state index in [0.717, 1.165) is 31.8 Å². The minimum absolute atomic E-state index is 0.00103.